The van der Waals surface area contributed by atoms with Gasteiger partial charge in [0.2, 0.25) is 0 Å². The molecule has 0 aliphatic carbocycles. The molecule has 132 valence electrons. The molecule has 0 bridgehead atoms. The number of nitrogens with two attached hydrogens (primary N) is 1. The van der Waals surface area contributed by atoms with E-state index in [1.54, 1.807) is 6.07 Å². The Morgan fingerprint density at radius 1 is 1.04 bits per heavy atom. The van der Waals surface area contributed by atoms with Crippen molar-refractivity contribution in [3.8, 4) is 11.3 Å². The molecule has 6 heteroatoms. The van der Waals surface area contributed by atoms with E-state index in [9.17, 15) is 9.59 Å². The summed E-state index contributed by atoms with van der Waals surface area (Å²) in [6.07, 6.45) is 2.16. The lowest BCUT2D eigenvalue weighted by Crippen LogP contribution is -2.27. The first-order valence-electron chi connectivity index (χ1n) is 8.55. The topological polar surface area (TPSA) is 79.2 Å². The first-order valence-corrected chi connectivity index (χ1v) is 9.34. The molecular formula is C20H18BrN3O2. The Labute approximate surface area is 159 Å². The van der Waals surface area contributed by atoms with E-state index in [1.165, 1.54) is 0 Å². The van der Waals surface area contributed by atoms with E-state index >= 15 is 0 Å². The van der Waals surface area contributed by atoms with E-state index in [1.807, 2.05) is 41.3 Å². The summed E-state index contributed by atoms with van der Waals surface area (Å²) >= 11 is 3.51. The number of halogens is 1. The molecule has 3 N–H and O–H groups in total. The van der Waals surface area contributed by atoms with Gasteiger partial charge in [0.15, 0.2) is 0 Å². The maximum atomic E-state index is 12.5. The number of likely N-dealkylation sites (tertiary alicyclic amines) is 1. The smallest absolute Gasteiger partial charge is 0.253 e. The highest BCUT2D eigenvalue weighted by molar-refractivity contribution is 9.10. The zero-order chi connectivity index (χ0) is 18.3. The van der Waals surface area contributed by atoms with Crippen LogP contribution in [-0.2, 0) is 0 Å². The zero-order valence-corrected chi connectivity index (χ0v) is 15.7. The van der Waals surface area contributed by atoms with E-state index in [2.05, 4.69) is 20.9 Å². The number of nitrogens with one attached hydrogen (secondary N) is 1. The van der Waals surface area contributed by atoms with Gasteiger partial charge in [-0.1, -0.05) is 28.1 Å². The summed E-state index contributed by atoms with van der Waals surface area (Å²) in [5.41, 5.74) is 9.15. The van der Waals surface area contributed by atoms with Gasteiger partial charge in [-0.25, -0.2) is 0 Å². The number of carbonyl (C=O) groups is 2. The van der Waals surface area contributed by atoms with Crippen molar-refractivity contribution in [3.63, 3.8) is 0 Å². The lowest BCUT2D eigenvalue weighted by atomic mass is 10.1. The normalized spacial score (nSPS) is 14.1. The summed E-state index contributed by atoms with van der Waals surface area (Å²) in [4.78, 5) is 29.3. The largest absolute Gasteiger partial charge is 0.366 e. The van der Waals surface area contributed by atoms with Crippen molar-refractivity contribution < 1.29 is 9.59 Å². The van der Waals surface area contributed by atoms with Gasteiger partial charge < -0.3 is 15.6 Å². The van der Waals surface area contributed by atoms with Gasteiger partial charge in [0.1, 0.15) is 0 Å². The summed E-state index contributed by atoms with van der Waals surface area (Å²) in [6.45, 7) is 1.68. The van der Waals surface area contributed by atoms with Gasteiger partial charge >= 0.3 is 0 Å². The van der Waals surface area contributed by atoms with Crippen LogP contribution < -0.4 is 5.73 Å². The highest BCUT2D eigenvalue weighted by Crippen LogP contribution is 2.31. The average Bonchev–Trinajstić information content (AvgIpc) is 3.31. The monoisotopic (exact) mass is 411 g/mol. The Kier molecular flexibility index (Phi) is 4.28. The molecule has 0 radical (unpaired) electrons. The number of H-pyrrole nitrogens is 1. The van der Waals surface area contributed by atoms with Gasteiger partial charge in [-0.05, 0) is 48.7 Å². The third-order valence-corrected chi connectivity index (χ3v) is 5.53. The molecule has 1 fully saturated rings. The van der Waals surface area contributed by atoms with Crippen LogP contribution in [0.25, 0.3) is 22.2 Å². The van der Waals surface area contributed by atoms with Crippen LogP contribution >= 0.6 is 15.9 Å². The number of aromatic nitrogens is 1. The zero-order valence-electron chi connectivity index (χ0n) is 14.1. The third kappa shape index (κ3) is 2.90. The van der Waals surface area contributed by atoms with Crippen LogP contribution in [-0.4, -0.2) is 34.8 Å². The molecule has 2 aromatic carbocycles. The number of primary amides is 1. The summed E-state index contributed by atoms with van der Waals surface area (Å²) in [5, 5.41) is 0.897. The van der Waals surface area contributed by atoms with Crippen LogP contribution in [0.15, 0.2) is 46.9 Å². The van der Waals surface area contributed by atoms with E-state index in [0.717, 1.165) is 47.0 Å². The molecule has 26 heavy (non-hydrogen) atoms. The van der Waals surface area contributed by atoms with E-state index in [-0.39, 0.29) is 5.91 Å². The van der Waals surface area contributed by atoms with E-state index in [0.29, 0.717) is 16.6 Å². The quantitative estimate of drug-likeness (QED) is 0.684. The summed E-state index contributed by atoms with van der Waals surface area (Å²) in [5.74, 6) is -0.382. The summed E-state index contributed by atoms with van der Waals surface area (Å²) < 4.78 is 0.890. The fourth-order valence-electron chi connectivity index (χ4n) is 3.44. The second-order valence-electron chi connectivity index (χ2n) is 6.51. The average molecular weight is 412 g/mol. The fourth-order valence-corrected chi connectivity index (χ4v) is 3.89. The Bertz CT molecular complexity index is 1000. The van der Waals surface area contributed by atoms with Crippen LogP contribution in [0.5, 0.6) is 0 Å². The van der Waals surface area contributed by atoms with Crippen molar-refractivity contribution in [3.05, 3.63) is 58.1 Å². The highest BCUT2D eigenvalue weighted by atomic mass is 79.9. The molecule has 0 saturated carbocycles. The lowest BCUT2D eigenvalue weighted by molar-refractivity contribution is 0.0792. The van der Waals surface area contributed by atoms with Crippen LogP contribution in [0.4, 0.5) is 0 Å². The van der Waals surface area contributed by atoms with Gasteiger partial charge in [-0.15, -0.1) is 0 Å². The van der Waals surface area contributed by atoms with Crippen LogP contribution in [0, 0.1) is 0 Å². The summed E-state index contributed by atoms with van der Waals surface area (Å²) in [6, 6.07) is 13.0. The van der Waals surface area contributed by atoms with Crippen LogP contribution in [0.3, 0.4) is 0 Å². The standard InChI is InChI=1S/C20H18BrN3O2/c21-16-8-7-14(19(22)25)18-15(16)11-17(23-18)12-3-5-13(6-4-12)20(26)24-9-1-2-10-24/h3-8,11,23H,1-2,9-10H2,(H2,22,25). The maximum absolute atomic E-state index is 12.5. The summed E-state index contributed by atoms with van der Waals surface area (Å²) in [7, 11) is 0. The molecule has 3 aromatic rings. The number of aromatic amines is 1. The molecule has 0 unspecified atom stereocenters. The number of fused-ring (bicyclic) bond motifs is 1. The van der Waals surface area contributed by atoms with Crippen molar-refractivity contribution in [1.82, 2.24) is 9.88 Å². The van der Waals surface area contributed by atoms with Crippen molar-refractivity contribution in [1.29, 1.82) is 0 Å². The molecule has 1 aliphatic rings. The SMILES string of the molecule is NC(=O)c1ccc(Br)c2cc(-c3ccc(C(=O)N4CCCC4)cc3)[nH]c12. The minimum atomic E-state index is -0.470. The lowest BCUT2D eigenvalue weighted by Gasteiger charge is -2.15. The van der Waals surface area contributed by atoms with Crippen LogP contribution in [0.1, 0.15) is 33.6 Å². The van der Waals surface area contributed by atoms with Crippen molar-refractivity contribution >= 4 is 38.6 Å². The molecule has 0 spiro atoms. The molecule has 1 aliphatic heterocycles. The fraction of sp³-hybridized carbons (Fsp3) is 0.200. The Morgan fingerprint density at radius 2 is 1.73 bits per heavy atom. The first-order chi connectivity index (χ1) is 12.5. The predicted molar refractivity (Wildman–Crippen MR) is 105 cm³/mol. The molecule has 5 nitrogen and oxygen atoms in total. The minimum Gasteiger partial charge on any atom is -0.366 e. The molecule has 4 rings (SSSR count). The third-order valence-electron chi connectivity index (χ3n) is 4.84. The van der Waals surface area contributed by atoms with Crippen molar-refractivity contribution in [2.24, 2.45) is 5.73 Å². The Balaban J connectivity index is 1.69. The van der Waals surface area contributed by atoms with Gasteiger partial charge in [-0.3, -0.25) is 9.59 Å². The molecule has 1 aromatic heterocycles. The second-order valence-corrected chi connectivity index (χ2v) is 7.36. The number of rotatable bonds is 3. The van der Waals surface area contributed by atoms with Crippen molar-refractivity contribution in [2.75, 3.05) is 13.1 Å². The molecular weight excluding hydrogens is 394 g/mol. The number of benzene rings is 2. The first kappa shape index (κ1) is 16.8. The Hall–Kier alpha value is -2.60. The van der Waals surface area contributed by atoms with Crippen molar-refractivity contribution in [2.45, 2.75) is 12.8 Å². The number of hydrogen-bond acceptors (Lipinski definition) is 2. The number of hydrogen-bond donors (Lipinski definition) is 2. The molecule has 2 amide bonds. The second kappa shape index (κ2) is 6.61. The predicted octanol–water partition coefficient (Wildman–Crippen LogP) is 3.93. The van der Waals surface area contributed by atoms with Gasteiger partial charge in [0.05, 0.1) is 11.1 Å². The van der Waals surface area contributed by atoms with Crippen LogP contribution in [0.2, 0.25) is 0 Å². The van der Waals surface area contributed by atoms with E-state index in [4.69, 9.17) is 5.73 Å². The molecule has 1 saturated heterocycles. The van der Waals surface area contributed by atoms with Gasteiger partial charge in [0, 0.05) is 34.2 Å². The number of nitrogens with zero attached hydrogens (tertiary/aromatic N) is 1. The van der Waals surface area contributed by atoms with E-state index < -0.39 is 5.91 Å². The van der Waals surface area contributed by atoms with Gasteiger partial charge in [0.25, 0.3) is 11.8 Å². The van der Waals surface area contributed by atoms with Gasteiger partial charge in [-0.2, -0.15) is 0 Å². The molecule has 2 heterocycles. The molecule has 0 atom stereocenters. The minimum absolute atomic E-state index is 0.0875. The Morgan fingerprint density at radius 3 is 2.38 bits per heavy atom. The maximum Gasteiger partial charge on any atom is 0.253 e. The number of amides is 2. The number of carbonyl (C=O) groups excluding carboxylic acids is 2. The highest BCUT2D eigenvalue weighted by Gasteiger charge is 2.19.